The van der Waals surface area contributed by atoms with Crippen LogP contribution in [0, 0.1) is 5.39 Å². The molecule has 3 rings (SSSR count). The minimum absolute atomic E-state index is 0.0517. The van der Waals surface area contributed by atoms with E-state index in [4.69, 9.17) is 5.39 Å². The molecular formula is C14H8N2O. The zero-order valence-electron chi connectivity index (χ0n) is 8.92. The molecule has 0 heterocycles. The molecule has 80 valence electrons. The lowest BCUT2D eigenvalue weighted by Gasteiger charge is -2.12. The maximum atomic E-state index is 11.9. The van der Waals surface area contributed by atoms with Gasteiger partial charge < -0.3 is 5.11 Å². The first-order valence-electron chi connectivity index (χ1n) is 5.27. The molecule has 0 aromatic heterocycles. The van der Waals surface area contributed by atoms with E-state index in [1.807, 2.05) is 30.3 Å². The van der Waals surface area contributed by atoms with Crippen LogP contribution in [0.5, 0.6) is 5.75 Å². The molecule has 0 unspecified atom stereocenters. The van der Waals surface area contributed by atoms with E-state index in [0.717, 1.165) is 16.2 Å². The highest BCUT2D eigenvalue weighted by Crippen LogP contribution is 2.33. The van der Waals surface area contributed by atoms with Crippen LogP contribution in [0.3, 0.4) is 0 Å². The van der Waals surface area contributed by atoms with Gasteiger partial charge in [0.1, 0.15) is 0 Å². The first kappa shape index (κ1) is 9.61. The summed E-state index contributed by atoms with van der Waals surface area (Å²) in [5.41, 5.74) is 0.393. The van der Waals surface area contributed by atoms with Crippen molar-refractivity contribution in [2.45, 2.75) is 0 Å². The number of hydrogen-bond acceptors (Lipinski definition) is 2. The van der Waals surface area contributed by atoms with Gasteiger partial charge in [0.05, 0.1) is 0 Å². The van der Waals surface area contributed by atoms with E-state index in [1.165, 1.54) is 0 Å². The van der Waals surface area contributed by atoms with E-state index in [-0.39, 0.29) is 5.75 Å². The Morgan fingerprint density at radius 1 is 0.882 bits per heavy atom. The van der Waals surface area contributed by atoms with Gasteiger partial charge in [0, 0.05) is 12.1 Å². The molecular weight excluding hydrogens is 212 g/mol. The van der Waals surface area contributed by atoms with Crippen LogP contribution in [0.2, 0.25) is 0 Å². The molecule has 17 heavy (non-hydrogen) atoms. The van der Waals surface area contributed by atoms with Crippen molar-refractivity contribution in [1.82, 2.24) is 0 Å². The summed E-state index contributed by atoms with van der Waals surface area (Å²) in [6, 6.07) is 14.5. The van der Waals surface area contributed by atoms with Crippen LogP contribution in [0.25, 0.3) is 26.5 Å². The largest absolute Gasteiger partial charge is 0.872 e. The molecule has 0 spiro atoms. The van der Waals surface area contributed by atoms with Gasteiger partial charge in [-0.05, 0) is 27.6 Å². The Labute approximate surface area is 97.5 Å². The average molecular weight is 220 g/mol. The second-order valence-corrected chi connectivity index (χ2v) is 3.93. The molecule has 3 heteroatoms. The summed E-state index contributed by atoms with van der Waals surface area (Å²) in [4.78, 5) is 3.10. The van der Waals surface area contributed by atoms with E-state index < -0.39 is 0 Å². The Morgan fingerprint density at radius 3 is 2.53 bits per heavy atom. The molecule has 3 aromatic rings. The summed E-state index contributed by atoms with van der Waals surface area (Å²) in [5.74, 6) is -0.0517. The predicted molar refractivity (Wildman–Crippen MR) is 65.6 cm³/mol. The first-order chi connectivity index (χ1) is 8.29. The van der Waals surface area contributed by atoms with Crippen molar-refractivity contribution in [3.63, 3.8) is 0 Å². The van der Waals surface area contributed by atoms with Crippen molar-refractivity contribution in [3.8, 4) is 5.75 Å². The van der Waals surface area contributed by atoms with Gasteiger partial charge in [0.25, 0.3) is 0 Å². The van der Waals surface area contributed by atoms with Gasteiger partial charge in [-0.15, -0.1) is 5.75 Å². The fraction of sp³-hybridized carbons (Fsp3) is 0. The van der Waals surface area contributed by atoms with Gasteiger partial charge >= 0.3 is 5.69 Å². The lowest BCUT2D eigenvalue weighted by Crippen LogP contribution is -1.91. The summed E-state index contributed by atoms with van der Waals surface area (Å²) in [6.07, 6.45) is 0. The van der Waals surface area contributed by atoms with Crippen LogP contribution in [-0.4, -0.2) is 0 Å². The predicted octanol–water partition coefficient (Wildman–Crippen LogP) is 3.55. The highest BCUT2D eigenvalue weighted by molar-refractivity contribution is 6.10. The molecule has 0 aliphatic rings. The Hall–Kier alpha value is -2.60. The average Bonchev–Trinajstić information content (AvgIpc) is 2.38. The van der Waals surface area contributed by atoms with Crippen LogP contribution in [0.1, 0.15) is 0 Å². The van der Waals surface area contributed by atoms with E-state index in [9.17, 15) is 5.11 Å². The third kappa shape index (κ3) is 1.39. The molecule has 0 amide bonds. The van der Waals surface area contributed by atoms with Gasteiger partial charge in [-0.3, -0.25) is 0 Å². The number of fused-ring (bicyclic) bond motifs is 3. The molecule has 3 aromatic carbocycles. The van der Waals surface area contributed by atoms with Gasteiger partial charge in [-0.25, -0.2) is 0 Å². The van der Waals surface area contributed by atoms with Crippen LogP contribution < -0.4 is 5.11 Å². The van der Waals surface area contributed by atoms with Crippen LogP contribution in [-0.2, 0) is 0 Å². The molecule has 3 nitrogen and oxygen atoms in total. The zero-order chi connectivity index (χ0) is 11.8. The minimum atomic E-state index is -0.0517. The summed E-state index contributed by atoms with van der Waals surface area (Å²) in [5, 5.41) is 24.1. The molecule has 0 radical (unpaired) electrons. The number of rotatable bonds is 0. The number of nitrogens with zero attached hydrogens (tertiary/aromatic N) is 2. The van der Waals surface area contributed by atoms with Crippen molar-refractivity contribution in [2.75, 3.05) is 0 Å². The van der Waals surface area contributed by atoms with Crippen LogP contribution in [0.4, 0.5) is 5.69 Å². The molecule has 0 saturated heterocycles. The van der Waals surface area contributed by atoms with Gasteiger partial charge in [0.2, 0.25) is 5.39 Å². The Bertz CT molecular complexity index is 772. The summed E-state index contributed by atoms with van der Waals surface area (Å²) < 4.78 is 0. The maximum absolute atomic E-state index is 11.9. The minimum Gasteiger partial charge on any atom is -0.872 e. The van der Waals surface area contributed by atoms with Gasteiger partial charge in [-0.1, -0.05) is 30.3 Å². The lowest BCUT2D eigenvalue weighted by molar-refractivity contribution is -0.265. The van der Waals surface area contributed by atoms with Crippen LogP contribution >= 0.6 is 0 Å². The quantitative estimate of drug-likeness (QED) is 0.429. The second kappa shape index (κ2) is 3.46. The summed E-state index contributed by atoms with van der Waals surface area (Å²) in [7, 11) is 0. The van der Waals surface area contributed by atoms with Crippen LogP contribution in [0.15, 0.2) is 48.5 Å². The Morgan fingerprint density at radius 2 is 1.71 bits per heavy atom. The Kier molecular flexibility index (Phi) is 1.96. The fourth-order valence-electron chi connectivity index (χ4n) is 2.12. The fourth-order valence-corrected chi connectivity index (χ4v) is 2.12. The molecule has 0 bridgehead atoms. The molecule has 0 saturated carbocycles. The van der Waals surface area contributed by atoms with Crippen molar-refractivity contribution >= 4 is 27.2 Å². The highest BCUT2D eigenvalue weighted by Gasteiger charge is 2.07. The number of hydrogen-bond donors (Lipinski definition) is 0. The normalized spacial score (nSPS) is 10.5. The molecule has 0 aliphatic heterocycles. The monoisotopic (exact) mass is 220 g/mol. The van der Waals surface area contributed by atoms with E-state index in [1.54, 1.807) is 18.2 Å². The summed E-state index contributed by atoms with van der Waals surface area (Å²) in [6.45, 7) is 0. The highest BCUT2D eigenvalue weighted by atomic mass is 16.3. The van der Waals surface area contributed by atoms with Gasteiger partial charge in [-0.2, -0.15) is 0 Å². The smallest absolute Gasteiger partial charge is 0.385 e. The number of diazo groups is 1. The zero-order valence-corrected chi connectivity index (χ0v) is 8.92. The van der Waals surface area contributed by atoms with Crippen molar-refractivity contribution in [1.29, 1.82) is 5.39 Å². The third-order valence-corrected chi connectivity index (χ3v) is 2.92. The van der Waals surface area contributed by atoms with Gasteiger partial charge in [0.15, 0.2) is 4.98 Å². The van der Waals surface area contributed by atoms with Crippen molar-refractivity contribution in [2.24, 2.45) is 0 Å². The topological polar surface area (TPSA) is 51.2 Å². The molecule has 0 aliphatic carbocycles. The SMILES string of the molecule is N#[N+]c1ccc2c(c1)c([O-])cc1ccccc12. The molecule has 0 N–H and O–H groups in total. The van der Waals surface area contributed by atoms with E-state index in [0.29, 0.717) is 11.1 Å². The lowest BCUT2D eigenvalue weighted by atomic mass is 10.0. The Balaban J connectivity index is 2.55. The standard InChI is InChI=1S/C14H8N2O/c15-16-10-5-6-12-11-4-2-1-3-9(11)7-14(17)13(12)8-10/h1-8H. The number of benzene rings is 3. The second-order valence-electron chi connectivity index (χ2n) is 3.93. The van der Waals surface area contributed by atoms with E-state index >= 15 is 0 Å². The van der Waals surface area contributed by atoms with Crippen molar-refractivity contribution in [3.05, 3.63) is 53.5 Å². The molecule has 0 atom stereocenters. The first-order valence-corrected chi connectivity index (χ1v) is 5.27. The third-order valence-electron chi connectivity index (χ3n) is 2.92. The maximum Gasteiger partial charge on any atom is 0.385 e. The van der Waals surface area contributed by atoms with Crippen molar-refractivity contribution < 1.29 is 5.11 Å². The molecule has 0 fully saturated rings. The summed E-state index contributed by atoms with van der Waals surface area (Å²) >= 11 is 0. The van der Waals surface area contributed by atoms with E-state index in [2.05, 4.69) is 4.98 Å².